The fourth-order valence-electron chi connectivity index (χ4n) is 3.74. The third-order valence-corrected chi connectivity index (χ3v) is 4.97. The third-order valence-electron chi connectivity index (χ3n) is 4.97. The molecule has 1 amide bonds. The van der Waals surface area contributed by atoms with E-state index in [-0.39, 0.29) is 0 Å². The van der Waals surface area contributed by atoms with Crippen LogP contribution in [0.5, 0.6) is 5.75 Å². The average Bonchev–Trinajstić information content (AvgIpc) is 2.84. The van der Waals surface area contributed by atoms with E-state index in [9.17, 15) is 4.79 Å². The molecule has 0 saturated carbocycles. The molecule has 2 fully saturated rings. The van der Waals surface area contributed by atoms with Crippen molar-refractivity contribution in [2.75, 3.05) is 19.7 Å². The van der Waals surface area contributed by atoms with E-state index in [2.05, 4.69) is 29.3 Å². The van der Waals surface area contributed by atoms with Crippen LogP contribution in [-0.4, -0.2) is 42.6 Å². The van der Waals surface area contributed by atoms with E-state index in [1.807, 2.05) is 12.1 Å². The molecule has 1 aromatic carbocycles. The summed E-state index contributed by atoms with van der Waals surface area (Å²) in [7, 11) is 0. The zero-order valence-corrected chi connectivity index (χ0v) is 14.1. The van der Waals surface area contributed by atoms with Crippen molar-refractivity contribution >= 4 is 5.91 Å². The average molecular weight is 316 g/mol. The molecule has 2 unspecified atom stereocenters. The van der Waals surface area contributed by atoms with E-state index in [0.717, 1.165) is 51.1 Å². The minimum Gasteiger partial charge on any atom is -0.494 e. The highest BCUT2D eigenvalue weighted by Crippen LogP contribution is 2.28. The van der Waals surface area contributed by atoms with Crippen molar-refractivity contribution in [1.82, 2.24) is 10.2 Å². The number of carbonyl (C=O) groups excluding carboxylic acids is 1. The van der Waals surface area contributed by atoms with Gasteiger partial charge in [0.1, 0.15) is 5.75 Å². The van der Waals surface area contributed by atoms with Gasteiger partial charge in [-0.3, -0.25) is 4.79 Å². The normalized spacial score (nSPS) is 23.6. The summed E-state index contributed by atoms with van der Waals surface area (Å²) in [6.07, 6.45) is 5.89. The minimum atomic E-state index is 0.326. The first kappa shape index (κ1) is 16.3. The monoisotopic (exact) mass is 316 g/mol. The molecule has 0 radical (unpaired) electrons. The van der Waals surface area contributed by atoms with Gasteiger partial charge in [0.05, 0.1) is 6.61 Å². The van der Waals surface area contributed by atoms with Gasteiger partial charge in [-0.05, 0) is 56.3 Å². The van der Waals surface area contributed by atoms with Gasteiger partial charge < -0.3 is 15.0 Å². The number of hydrogen-bond acceptors (Lipinski definition) is 3. The van der Waals surface area contributed by atoms with E-state index < -0.39 is 0 Å². The molecular weight excluding hydrogens is 288 g/mol. The highest BCUT2D eigenvalue weighted by atomic mass is 16.5. The van der Waals surface area contributed by atoms with Gasteiger partial charge in [-0.25, -0.2) is 0 Å². The molecule has 2 heterocycles. The summed E-state index contributed by atoms with van der Waals surface area (Å²) in [6.45, 7) is 4.87. The summed E-state index contributed by atoms with van der Waals surface area (Å²) in [5.74, 6) is 1.24. The summed E-state index contributed by atoms with van der Waals surface area (Å²) in [6, 6.07) is 9.06. The number of benzene rings is 1. The number of ether oxygens (including phenoxy) is 1. The summed E-state index contributed by atoms with van der Waals surface area (Å²) in [4.78, 5) is 14.8. The van der Waals surface area contributed by atoms with E-state index >= 15 is 0 Å². The molecule has 1 aromatic rings. The van der Waals surface area contributed by atoms with Crippen molar-refractivity contribution in [3.63, 3.8) is 0 Å². The van der Waals surface area contributed by atoms with Crippen molar-refractivity contribution < 1.29 is 9.53 Å². The lowest BCUT2D eigenvalue weighted by Gasteiger charge is -2.28. The maximum atomic E-state index is 12.7. The van der Waals surface area contributed by atoms with Crippen molar-refractivity contribution in [2.24, 2.45) is 0 Å². The number of rotatable bonds is 6. The Balaban J connectivity index is 1.52. The molecule has 4 heteroatoms. The van der Waals surface area contributed by atoms with Crippen LogP contribution in [0.1, 0.15) is 44.6 Å². The highest BCUT2D eigenvalue weighted by Gasteiger charge is 2.37. The SMILES string of the molecule is CCCOc1ccc(CCC(=O)N2C3CCNCC2CC3)cc1. The first-order valence-corrected chi connectivity index (χ1v) is 9.01. The molecule has 0 aromatic heterocycles. The molecule has 2 aliphatic rings. The van der Waals surface area contributed by atoms with Crippen LogP contribution >= 0.6 is 0 Å². The van der Waals surface area contributed by atoms with Crippen molar-refractivity contribution in [3.05, 3.63) is 29.8 Å². The third kappa shape index (κ3) is 4.05. The largest absolute Gasteiger partial charge is 0.494 e. The summed E-state index contributed by atoms with van der Waals surface area (Å²) >= 11 is 0. The van der Waals surface area contributed by atoms with Crippen LogP contribution in [0.3, 0.4) is 0 Å². The molecule has 4 nitrogen and oxygen atoms in total. The van der Waals surface area contributed by atoms with Crippen molar-refractivity contribution in [3.8, 4) is 5.75 Å². The van der Waals surface area contributed by atoms with Gasteiger partial charge in [0.15, 0.2) is 0 Å². The minimum absolute atomic E-state index is 0.326. The topological polar surface area (TPSA) is 41.6 Å². The van der Waals surface area contributed by atoms with Crippen LogP contribution in [0, 0.1) is 0 Å². The zero-order valence-electron chi connectivity index (χ0n) is 14.1. The number of nitrogens with zero attached hydrogens (tertiary/aromatic N) is 1. The smallest absolute Gasteiger partial charge is 0.223 e. The molecule has 3 rings (SSSR count). The molecule has 2 aliphatic heterocycles. The molecule has 126 valence electrons. The number of carbonyl (C=O) groups is 1. The number of fused-ring (bicyclic) bond motifs is 2. The maximum absolute atomic E-state index is 12.7. The van der Waals surface area contributed by atoms with Crippen LogP contribution in [-0.2, 0) is 11.2 Å². The second-order valence-electron chi connectivity index (χ2n) is 6.67. The fourth-order valence-corrected chi connectivity index (χ4v) is 3.74. The summed E-state index contributed by atoms with van der Waals surface area (Å²) in [5.41, 5.74) is 1.21. The van der Waals surface area contributed by atoms with Gasteiger partial charge in [-0.2, -0.15) is 0 Å². The lowest BCUT2D eigenvalue weighted by Crippen LogP contribution is -2.42. The number of amides is 1. The molecular formula is C19H28N2O2. The predicted molar refractivity (Wildman–Crippen MR) is 91.7 cm³/mol. The van der Waals surface area contributed by atoms with E-state index in [1.54, 1.807) is 0 Å². The fraction of sp³-hybridized carbons (Fsp3) is 0.632. The maximum Gasteiger partial charge on any atom is 0.223 e. The van der Waals surface area contributed by atoms with Gasteiger partial charge >= 0.3 is 0 Å². The van der Waals surface area contributed by atoms with Gasteiger partial charge in [-0.1, -0.05) is 19.1 Å². The van der Waals surface area contributed by atoms with Crippen LogP contribution in [0.15, 0.2) is 24.3 Å². The predicted octanol–water partition coefficient (Wildman–Crippen LogP) is 2.76. The molecule has 23 heavy (non-hydrogen) atoms. The Morgan fingerprint density at radius 1 is 1.22 bits per heavy atom. The molecule has 2 saturated heterocycles. The standard InChI is InChI=1S/C19H28N2O2/c1-2-13-23-18-8-3-15(4-9-18)5-10-19(22)21-16-6-7-17(21)14-20-12-11-16/h3-4,8-9,16-17,20H,2,5-7,10-14H2,1H3. The van der Waals surface area contributed by atoms with Crippen LogP contribution < -0.4 is 10.1 Å². The quantitative estimate of drug-likeness (QED) is 0.877. The Bertz CT molecular complexity index is 501. The van der Waals surface area contributed by atoms with Crippen molar-refractivity contribution in [2.45, 2.75) is 57.5 Å². The summed E-state index contributed by atoms with van der Waals surface area (Å²) in [5, 5.41) is 3.45. The first-order valence-electron chi connectivity index (χ1n) is 9.01. The number of nitrogens with one attached hydrogen (secondary N) is 1. The Hall–Kier alpha value is -1.55. The van der Waals surface area contributed by atoms with Gasteiger partial charge in [0.25, 0.3) is 0 Å². The van der Waals surface area contributed by atoms with Crippen LogP contribution in [0.25, 0.3) is 0 Å². The van der Waals surface area contributed by atoms with E-state index in [1.165, 1.54) is 12.0 Å². The Morgan fingerprint density at radius 2 is 2.00 bits per heavy atom. The molecule has 1 N–H and O–H groups in total. The number of aryl methyl sites for hydroxylation is 1. The van der Waals surface area contributed by atoms with Gasteiger partial charge in [0, 0.05) is 25.0 Å². The second-order valence-corrected chi connectivity index (χ2v) is 6.67. The Labute approximate surface area is 139 Å². The molecule has 2 bridgehead atoms. The Morgan fingerprint density at radius 3 is 2.78 bits per heavy atom. The van der Waals surface area contributed by atoms with Crippen LogP contribution in [0.4, 0.5) is 0 Å². The van der Waals surface area contributed by atoms with Crippen molar-refractivity contribution in [1.29, 1.82) is 0 Å². The first-order chi connectivity index (χ1) is 11.3. The lowest BCUT2D eigenvalue weighted by molar-refractivity contribution is -0.133. The zero-order chi connectivity index (χ0) is 16.1. The molecule has 2 atom stereocenters. The van der Waals surface area contributed by atoms with Gasteiger partial charge in [0.2, 0.25) is 5.91 Å². The van der Waals surface area contributed by atoms with Crippen LogP contribution in [0.2, 0.25) is 0 Å². The van der Waals surface area contributed by atoms with E-state index in [4.69, 9.17) is 4.74 Å². The second kappa shape index (κ2) is 7.82. The molecule has 0 aliphatic carbocycles. The van der Waals surface area contributed by atoms with E-state index in [0.29, 0.717) is 24.4 Å². The highest BCUT2D eigenvalue weighted by molar-refractivity contribution is 5.77. The van der Waals surface area contributed by atoms with Gasteiger partial charge in [-0.15, -0.1) is 0 Å². The molecule has 0 spiro atoms. The summed E-state index contributed by atoms with van der Waals surface area (Å²) < 4.78 is 5.60. The number of hydrogen-bond donors (Lipinski definition) is 1. The Kier molecular flexibility index (Phi) is 5.55. The lowest BCUT2D eigenvalue weighted by atomic mass is 10.1.